The van der Waals surface area contributed by atoms with Crippen molar-refractivity contribution in [3.05, 3.63) is 35.9 Å². The SMILES string of the molecule is O=C(N[C@@H]1C[C@H]1c1ccccc1)N1CCN(C2CCOCC2)CC1. The third-order valence-electron chi connectivity index (χ3n) is 5.64. The van der Waals surface area contributed by atoms with Gasteiger partial charge in [-0.2, -0.15) is 0 Å². The van der Waals surface area contributed by atoms with E-state index < -0.39 is 0 Å². The minimum absolute atomic E-state index is 0.116. The number of carbonyl (C=O) groups is 1. The fourth-order valence-corrected chi connectivity index (χ4v) is 4.01. The first-order valence-electron chi connectivity index (χ1n) is 9.23. The zero-order valence-corrected chi connectivity index (χ0v) is 14.2. The van der Waals surface area contributed by atoms with Gasteiger partial charge in [0, 0.05) is 57.4 Å². The van der Waals surface area contributed by atoms with Crippen LogP contribution in [0.25, 0.3) is 0 Å². The van der Waals surface area contributed by atoms with Crippen LogP contribution in [0.15, 0.2) is 30.3 Å². The summed E-state index contributed by atoms with van der Waals surface area (Å²) in [6, 6.07) is 11.6. The number of piperazine rings is 1. The average Bonchev–Trinajstić information content (AvgIpc) is 3.42. The van der Waals surface area contributed by atoms with Crippen molar-refractivity contribution in [1.82, 2.24) is 15.1 Å². The third-order valence-corrected chi connectivity index (χ3v) is 5.64. The van der Waals surface area contributed by atoms with Gasteiger partial charge in [-0.25, -0.2) is 4.79 Å². The molecule has 1 aliphatic carbocycles. The minimum Gasteiger partial charge on any atom is -0.381 e. The molecule has 1 aromatic rings. The van der Waals surface area contributed by atoms with Gasteiger partial charge >= 0.3 is 6.03 Å². The molecule has 2 aliphatic heterocycles. The molecule has 0 bridgehead atoms. The van der Waals surface area contributed by atoms with Crippen LogP contribution in [-0.4, -0.2) is 67.3 Å². The number of rotatable bonds is 3. The molecule has 0 spiro atoms. The lowest BCUT2D eigenvalue weighted by Crippen LogP contribution is -2.55. The number of nitrogens with zero attached hydrogens (tertiary/aromatic N) is 2. The first-order valence-corrected chi connectivity index (χ1v) is 9.23. The van der Waals surface area contributed by atoms with E-state index in [1.54, 1.807) is 0 Å². The molecule has 1 saturated carbocycles. The first kappa shape index (κ1) is 15.9. The summed E-state index contributed by atoms with van der Waals surface area (Å²) in [7, 11) is 0. The van der Waals surface area contributed by atoms with E-state index in [4.69, 9.17) is 4.74 Å². The molecule has 2 heterocycles. The molecule has 1 aromatic carbocycles. The number of nitrogens with one attached hydrogen (secondary N) is 1. The van der Waals surface area contributed by atoms with Gasteiger partial charge in [-0.1, -0.05) is 30.3 Å². The summed E-state index contributed by atoms with van der Waals surface area (Å²) in [5.74, 6) is 0.499. The summed E-state index contributed by atoms with van der Waals surface area (Å²) in [6.45, 7) is 5.43. The van der Waals surface area contributed by atoms with Crippen molar-refractivity contribution in [2.45, 2.75) is 37.3 Å². The van der Waals surface area contributed by atoms with E-state index in [1.807, 2.05) is 11.0 Å². The predicted octanol–water partition coefficient (Wildman–Crippen LogP) is 2.05. The van der Waals surface area contributed by atoms with Gasteiger partial charge in [0.2, 0.25) is 0 Å². The fourth-order valence-electron chi connectivity index (χ4n) is 4.01. The number of benzene rings is 1. The Morgan fingerprint density at radius 1 is 1.04 bits per heavy atom. The highest BCUT2D eigenvalue weighted by atomic mass is 16.5. The molecule has 0 unspecified atom stereocenters. The molecule has 1 N–H and O–H groups in total. The second kappa shape index (κ2) is 7.11. The van der Waals surface area contributed by atoms with Gasteiger partial charge in [0.05, 0.1) is 0 Å². The molecule has 24 heavy (non-hydrogen) atoms. The van der Waals surface area contributed by atoms with Crippen LogP contribution < -0.4 is 5.32 Å². The van der Waals surface area contributed by atoms with Gasteiger partial charge in [-0.15, -0.1) is 0 Å². The highest BCUT2D eigenvalue weighted by molar-refractivity contribution is 5.75. The van der Waals surface area contributed by atoms with Crippen molar-refractivity contribution in [2.75, 3.05) is 39.4 Å². The molecule has 130 valence electrons. The Morgan fingerprint density at radius 3 is 2.46 bits per heavy atom. The van der Waals surface area contributed by atoms with Crippen LogP contribution in [0.2, 0.25) is 0 Å². The lowest BCUT2D eigenvalue weighted by Gasteiger charge is -2.40. The maximum atomic E-state index is 12.5. The molecule has 2 amide bonds. The summed E-state index contributed by atoms with van der Waals surface area (Å²) in [5, 5.41) is 3.22. The van der Waals surface area contributed by atoms with Crippen molar-refractivity contribution in [3.8, 4) is 0 Å². The maximum absolute atomic E-state index is 12.5. The van der Waals surface area contributed by atoms with E-state index in [-0.39, 0.29) is 6.03 Å². The second-order valence-electron chi connectivity index (χ2n) is 7.18. The van der Waals surface area contributed by atoms with Crippen LogP contribution in [0.3, 0.4) is 0 Å². The van der Waals surface area contributed by atoms with Crippen LogP contribution in [0.5, 0.6) is 0 Å². The van der Waals surface area contributed by atoms with Gasteiger partial charge in [0.15, 0.2) is 0 Å². The molecular weight excluding hydrogens is 302 g/mol. The maximum Gasteiger partial charge on any atom is 0.317 e. The molecule has 3 fully saturated rings. The van der Waals surface area contributed by atoms with Crippen molar-refractivity contribution in [2.24, 2.45) is 0 Å². The van der Waals surface area contributed by atoms with Crippen LogP contribution in [0, 0.1) is 0 Å². The zero-order valence-electron chi connectivity index (χ0n) is 14.2. The normalized spacial score (nSPS) is 28.6. The lowest BCUT2D eigenvalue weighted by molar-refractivity contribution is 0.0187. The Bertz CT molecular complexity index is 551. The summed E-state index contributed by atoms with van der Waals surface area (Å²) in [5.41, 5.74) is 1.34. The van der Waals surface area contributed by atoms with E-state index >= 15 is 0 Å². The van der Waals surface area contributed by atoms with Crippen LogP contribution in [-0.2, 0) is 4.74 Å². The smallest absolute Gasteiger partial charge is 0.317 e. The van der Waals surface area contributed by atoms with E-state index in [0.29, 0.717) is 18.0 Å². The molecule has 2 atom stereocenters. The van der Waals surface area contributed by atoms with Crippen molar-refractivity contribution >= 4 is 6.03 Å². The first-order chi connectivity index (χ1) is 11.8. The highest BCUT2D eigenvalue weighted by Crippen LogP contribution is 2.40. The van der Waals surface area contributed by atoms with Crippen LogP contribution >= 0.6 is 0 Å². The number of carbonyl (C=O) groups excluding carboxylic acids is 1. The summed E-state index contributed by atoms with van der Waals surface area (Å²) >= 11 is 0. The standard InChI is InChI=1S/C19H27N3O2/c23-19(20-18-14-17(18)15-4-2-1-3-5-15)22-10-8-21(9-11-22)16-6-12-24-13-7-16/h1-5,16-18H,6-14H2,(H,20,23)/t17-,18+/m0/s1. The zero-order chi connectivity index (χ0) is 16.4. The van der Waals surface area contributed by atoms with E-state index in [1.165, 1.54) is 5.56 Å². The van der Waals surface area contributed by atoms with Crippen molar-refractivity contribution in [1.29, 1.82) is 0 Å². The van der Waals surface area contributed by atoms with Crippen LogP contribution in [0.1, 0.15) is 30.7 Å². The molecule has 5 nitrogen and oxygen atoms in total. The summed E-state index contributed by atoms with van der Waals surface area (Å²) < 4.78 is 5.45. The molecule has 0 aromatic heterocycles. The summed E-state index contributed by atoms with van der Waals surface area (Å²) in [6.07, 6.45) is 3.33. The fraction of sp³-hybridized carbons (Fsp3) is 0.632. The van der Waals surface area contributed by atoms with Crippen molar-refractivity contribution in [3.63, 3.8) is 0 Å². The van der Waals surface area contributed by atoms with E-state index in [9.17, 15) is 4.79 Å². The topological polar surface area (TPSA) is 44.8 Å². The monoisotopic (exact) mass is 329 g/mol. The van der Waals surface area contributed by atoms with Gasteiger partial charge in [0.25, 0.3) is 0 Å². The van der Waals surface area contributed by atoms with Crippen molar-refractivity contribution < 1.29 is 9.53 Å². The Labute approximate surface area is 144 Å². The Balaban J connectivity index is 1.22. The quantitative estimate of drug-likeness (QED) is 0.923. The third kappa shape index (κ3) is 3.57. The number of urea groups is 1. The molecule has 5 heteroatoms. The lowest BCUT2D eigenvalue weighted by atomic mass is 10.1. The van der Waals surface area contributed by atoms with E-state index in [2.05, 4.69) is 34.5 Å². The Morgan fingerprint density at radius 2 is 1.75 bits per heavy atom. The van der Waals surface area contributed by atoms with Gasteiger partial charge in [-0.3, -0.25) is 4.90 Å². The van der Waals surface area contributed by atoms with Gasteiger partial charge < -0.3 is 15.0 Å². The largest absolute Gasteiger partial charge is 0.381 e. The highest BCUT2D eigenvalue weighted by Gasteiger charge is 2.40. The van der Waals surface area contributed by atoms with Gasteiger partial charge in [-0.05, 0) is 24.8 Å². The number of hydrogen-bond acceptors (Lipinski definition) is 3. The number of amides is 2. The van der Waals surface area contributed by atoms with Crippen LogP contribution in [0.4, 0.5) is 4.79 Å². The van der Waals surface area contributed by atoms with E-state index in [0.717, 1.165) is 58.7 Å². The molecular formula is C19H27N3O2. The average molecular weight is 329 g/mol. The second-order valence-corrected chi connectivity index (χ2v) is 7.18. The summed E-state index contributed by atoms with van der Waals surface area (Å²) in [4.78, 5) is 17.0. The Kier molecular flexibility index (Phi) is 4.72. The number of ether oxygens (including phenoxy) is 1. The molecule has 2 saturated heterocycles. The Hall–Kier alpha value is -1.59. The van der Waals surface area contributed by atoms with Gasteiger partial charge in [0.1, 0.15) is 0 Å². The molecule has 3 aliphatic rings. The predicted molar refractivity (Wildman–Crippen MR) is 93.1 cm³/mol. The number of hydrogen-bond donors (Lipinski definition) is 1. The molecule has 4 rings (SSSR count). The minimum atomic E-state index is 0.116. The molecule has 0 radical (unpaired) electrons.